The van der Waals surface area contributed by atoms with Gasteiger partial charge in [-0.3, -0.25) is 0 Å². The molecule has 0 aliphatic carbocycles. The topological polar surface area (TPSA) is 21.3 Å². The van der Waals surface area contributed by atoms with Crippen molar-refractivity contribution >= 4 is 0 Å². The Morgan fingerprint density at radius 1 is 0.950 bits per heavy atom. The first-order valence-corrected chi connectivity index (χ1v) is 6.75. The molecule has 0 aliphatic heterocycles. The first-order chi connectivity index (χ1) is 9.60. The Bertz CT molecular complexity index is 553. The summed E-state index contributed by atoms with van der Waals surface area (Å²) in [7, 11) is 1.67. The van der Waals surface area contributed by atoms with Crippen LogP contribution in [0.15, 0.2) is 48.5 Å². The quantitative estimate of drug-likeness (QED) is 0.879. The third kappa shape index (κ3) is 3.58. The molecule has 0 saturated carbocycles. The molecule has 0 fully saturated rings. The maximum atomic E-state index is 12.9. The van der Waals surface area contributed by atoms with Crippen molar-refractivity contribution in [2.24, 2.45) is 0 Å². The highest BCUT2D eigenvalue weighted by Crippen LogP contribution is 2.22. The number of rotatable bonds is 5. The summed E-state index contributed by atoms with van der Waals surface area (Å²) in [5.74, 6) is 0.646. The van der Waals surface area contributed by atoms with Gasteiger partial charge < -0.3 is 10.1 Å². The summed E-state index contributed by atoms with van der Waals surface area (Å²) in [6.45, 7) is 4.18. The van der Waals surface area contributed by atoms with E-state index in [9.17, 15) is 4.39 Å². The molecule has 0 amide bonds. The lowest BCUT2D eigenvalue weighted by Crippen LogP contribution is -2.22. The molecule has 0 aromatic heterocycles. The van der Waals surface area contributed by atoms with E-state index in [1.54, 1.807) is 7.11 Å². The van der Waals surface area contributed by atoms with Crippen LogP contribution in [0.3, 0.4) is 0 Å². The van der Waals surface area contributed by atoms with Crippen molar-refractivity contribution in [1.29, 1.82) is 0 Å². The van der Waals surface area contributed by atoms with Crippen molar-refractivity contribution in [2.75, 3.05) is 7.11 Å². The van der Waals surface area contributed by atoms with E-state index in [2.05, 4.69) is 25.2 Å². The summed E-state index contributed by atoms with van der Waals surface area (Å²) in [6.07, 6.45) is 0. The lowest BCUT2D eigenvalue weighted by Gasteiger charge is -2.21. The second-order valence-electron chi connectivity index (χ2n) is 4.94. The predicted octanol–water partition coefficient (Wildman–Crippen LogP) is 4.25. The number of ether oxygens (including phenoxy) is 1. The van der Waals surface area contributed by atoms with Gasteiger partial charge in [-0.1, -0.05) is 24.3 Å². The van der Waals surface area contributed by atoms with E-state index in [-0.39, 0.29) is 17.9 Å². The highest BCUT2D eigenvalue weighted by Gasteiger charge is 2.11. The van der Waals surface area contributed by atoms with Crippen LogP contribution >= 0.6 is 0 Å². The highest BCUT2D eigenvalue weighted by molar-refractivity contribution is 5.30. The second kappa shape index (κ2) is 6.53. The molecule has 2 aromatic carbocycles. The molecule has 0 aliphatic rings. The summed E-state index contributed by atoms with van der Waals surface area (Å²) >= 11 is 0. The predicted molar refractivity (Wildman–Crippen MR) is 79.4 cm³/mol. The summed E-state index contributed by atoms with van der Waals surface area (Å²) in [4.78, 5) is 0. The van der Waals surface area contributed by atoms with Crippen molar-refractivity contribution in [2.45, 2.75) is 25.9 Å². The smallest absolute Gasteiger partial charge is 0.123 e. The van der Waals surface area contributed by atoms with Gasteiger partial charge in [-0.25, -0.2) is 4.39 Å². The molecule has 20 heavy (non-hydrogen) atoms. The molecular weight excluding hydrogens is 253 g/mol. The minimum absolute atomic E-state index is 0.150. The normalized spacial score (nSPS) is 13.8. The van der Waals surface area contributed by atoms with E-state index in [0.717, 1.165) is 11.3 Å². The number of halogens is 1. The van der Waals surface area contributed by atoms with E-state index in [0.29, 0.717) is 0 Å². The molecule has 0 bridgehead atoms. The highest BCUT2D eigenvalue weighted by atomic mass is 19.1. The van der Waals surface area contributed by atoms with Gasteiger partial charge in [0.15, 0.2) is 0 Å². The summed E-state index contributed by atoms with van der Waals surface area (Å²) < 4.78 is 18.2. The van der Waals surface area contributed by atoms with Crippen LogP contribution in [-0.2, 0) is 0 Å². The Balaban J connectivity index is 2.06. The molecule has 106 valence electrons. The van der Waals surface area contributed by atoms with E-state index >= 15 is 0 Å². The van der Waals surface area contributed by atoms with E-state index in [1.807, 2.05) is 30.3 Å². The SMILES string of the molecule is COc1cccc([C@@H](C)NC(C)c2ccc(F)cc2)c1. The van der Waals surface area contributed by atoms with Crippen molar-refractivity contribution < 1.29 is 9.13 Å². The van der Waals surface area contributed by atoms with Crippen LogP contribution < -0.4 is 10.1 Å². The minimum Gasteiger partial charge on any atom is -0.497 e. The molecular formula is C17H20FNO. The maximum Gasteiger partial charge on any atom is 0.123 e. The molecule has 1 unspecified atom stereocenters. The average molecular weight is 273 g/mol. The van der Waals surface area contributed by atoms with Crippen molar-refractivity contribution in [3.8, 4) is 5.75 Å². The first-order valence-electron chi connectivity index (χ1n) is 6.75. The van der Waals surface area contributed by atoms with Crippen LogP contribution in [0.2, 0.25) is 0 Å². The van der Waals surface area contributed by atoms with Crippen molar-refractivity contribution in [3.63, 3.8) is 0 Å². The molecule has 2 atom stereocenters. The molecule has 3 heteroatoms. The number of nitrogens with one attached hydrogen (secondary N) is 1. The van der Waals surface area contributed by atoms with Crippen LogP contribution in [0.25, 0.3) is 0 Å². The Kier molecular flexibility index (Phi) is 4.74. The minimum atomic E-state index is -0.207. The second-order valence-corrected chi connectivity index (χ2v) is 4.94. The van der Waals surface area contributed by atoms with Gasteiger partial charge in [0.1, 0.15) is 11.6 Å². The standard InChI is InChI=1S/C17H20FNO/c1-12(14-7-9-16(18)10-8-14)19-13(2)15-5-4-6-17(11-15)20-3/h4-13,19H,1-3H3/t12?,13-/m1/s1. The molecule has 2 aromatic rings. The fourth-order valence-electron chi connectivity index (χ4n) is 2.23. The van der Waals surface area contributed by atoms with E-state index in [1.165, 1.54) is 17.7 Å². The molecule has 2 nitrogen and oxygen atoms in total. The van der Waals surface area contributed by atoms with E-state index in [4.69, 9.17) is 4.74 Å². The number of benzene rings is 2. The Hall–Kier alpha value is -1.87. The van der Waals surface area contributed by atoms with Crippen molar-refractivity contribution in [1.82, 2.24) is 5.32 Å². The van der Waals surface area contributed by atoms with Gasteiger partial charge in [0.2, 0.25) is 0 Å². The van der Waals surface area contributed by atoms with Crippen molar-refractivity contribution in [3.05, 3.63) is 65.5 Å². The zero-order valence-electron chi connectivity index (χ0n) is 12.1. The molecule has 0 radical (unpaired) electrons. The van der Waals surface area contributed by atoms with Crippen LogP contribution in [0, 0.1) is 5.82 Å². The fourth-order valence-corrected chi connectivity index (χ4v) is 2.23. The van der Waals surface area contributed by atoms with Crippen LogP contribution in [0.1, 0.15) is 37.1 Å². The molecule has 0 spiro atoms. The van der Waals surface area contributed by atoms with Crippen LogP contribution in [0.4, 0.5) is 4.39 Å². The average Bonchev–Trinajstić information content (AvgIpc) is 2.47. The summed E-state index contributed by atoms with van der Waals surface area (Å²) in [5, 5.41) is 3.51. The lowest BCUT2D eigenvalue weighted by atomic mass is 10.0. The largest absolute Gasteiger partial charge is 0.497 e. The number of methoxy groups -OCH3 is 1. The first kappa shape index (κ1) is 14.5. The van der Waals surface area contributed by atoms with Gasteiger partial charge in [-0.05, 0) is 49.2 Å². The number of hydrogen-bond acceptors (Lipinski definition) is 2. The number of hydrogen-bond donors (Lipinski definition) is 1. The van der Waals surface area contributed by atoms with E-state index < -0.39 is 0 Å². The van der Waals surface area contributed by atoms with Gasteiger partial charge in [0, 0.05) is 12.1 Å². The zero-order valence-corrected chi connectivity index (χ0v) is 12.1. The maximum absolute atomic E-state index is 12.9. The van der Waals surface area contributed by atoms with Gasteiger partial charge in [-0.2, -0.15) is 0 Å². The van der Waals surface area contributed by atoms with Gasteiger partial charge >= 0.3 is 0 Å². The summed E-state index contributed by atoms with van der Waals surface area (Å²) in [6, 6.07) is 14.9. The third-order valence-corrected chi connectivity index (χ3v) is 3.46. The van der Waals surface area contributed by atoms with Gasteiger partial charge in [0.05, 0.1) is 7.11 Å². The summed E-state index contributed by atoms with van der Waals surface area (Å²) in [5.41, 5.74) is 2.24. The lowest BCUT2D eigenvalue weighted by molar-refractivity contribution is 0.412. The molecule has 0 saturated heterocycles. The van der Waals surface area contributed by atoms with Crippen LogP contribution in [0.5, 0.6) is 5.75 Å². The molecule has 0 heterocycles. The Labute approximate surface area is 119 Å². The van der Waals surface area contributed by atoms with Gasteiger partial charge in [0.25, 0.3) is 0 Å². The van der Waals surface area contributed by atoms with Crippen LogP contribution in [-0.4, -0.2) is 7.11 Å². The molecule has 2 rings (SSSR count). The molecule has 1 N–H and O–H groups in total. The monoisotopic (exact) mass is 273 g/mol. The Morgan fingerprint density at radius 3 is 2.25 bits per heavy atom. The Morgan fingerprint density at radius 2 is 1.60 bits per heavy atom. The van der Waals surface area contributed by atoms with Gasteiger partial charge in [-0.15, -0.1) is 0 Å². The zero-order chi connectivity index (χ0) is 14.5. The third-order valence-electron chi connectivity index (χ3n) is 3.46. The fraction of sp³-hybridized carbons (Fsp3) is 0.294.